The van der Waals surface area contributed by atoms with E-state index < -0.39 is 5.97 Å². The van der Waals surface area contributed by atoms with Gasteiger partial charge in [0.05, 0.1) is 0 Å². The number of thioether (sulfide) groups is 1. The standard InChI is InChI=1S/C16H19NO3S/c18-16(19)15-13(12-6-1-2-7-14(12)20-15)10-17-9-11-5-3-4-8-21-11/h1-2,6-7,11,17H,3-5,8-10H2,(H,18,19). The topological polar surface area (TPSA) is 62.5 Å². The highest BCUT2D eigenvalue weighted by Gasteiger charge is 2.20. The molecule has 3 rings (SSSR count). The number of nitrogens with one attached hydrogen (secondary N) is 1. The molecule has 1 fully saturated rings. The number of para-hydroxylation sites is 1. The smallest absolute Gasteiger partial charge is 0.372 e. The Kier molecular flexibility index (Phi) is 4.51. The lowest BCUT2D eigenvalue weighted by molar-refractivity contribution is 0.0663. The van der Waals surface area contributed by atoms with E-state index >= 15 is 0 Å². The largest absolute Gasteiger partial charge is 0.475 e. The van der Waals surface area contributed by atoms with Crippen LogP contribution in [0.1, 0.15) is 35.4 Å². The van der Waals surface area contributed by atoms with Crippen LogP contribution in [0.5, 0.6) is 0 Å². The number of hydrogen-bond donors (Lipinski definition) is 2. The Morgan fingerprint density at radius 1 is 1.38 bits per heavy atom. The summed E-state index contributed by atoms with van der Waals surface area (Å²) in [5, 5.41) is 14.2. The molecule has 21 heavy (non-hydrogen) atoms. The summed E-state index contributed by atoms with van der Waals surface area (Å²) in [6.45, 7) is 1.46. The van der Waals surface area contributed by atoms with Crippen LogP contribution in [0, 0.1) is 0 Å². The molecule has 0 saturated carbocycles. The van der Waals surface area contributed by atoms with E-state index in [9.17, 15) is 9.90 Å². The first kappa shape index (κ1) is 14.5. The molecule has 2 aromatic rings. The third-order valence-corrected chi connectivity index (χ3v) is 5.24. The summed E-state index contributed by atoms with van der Waals surface area (Å²) in [6.07, 6.45) is 3.86. The molecule has 1 aromatic carbocycles. The Morgan fingerprint density at radius 3 is 3.00 bits per heavy atom. The van der Waals surface area contributed by atoms with Crippen molar-refractivity contribution < 1.29 is 14.3 Å². The van der Waals surface area contributed by atoms with Gasteiger partial charge >= 0.3 is 5.97 Å². The zero-order valence-electron chi connectivity index (χ0n) is 11.8. The molecule has 0 spiro atoms. The monoisotopic (exact) mass is 305 g/mol. The van der Waals surface area contributed by atoms with Crippen molar-refractivity contribution in [2.45, 2.75) is 31.1 Å². The molecule has 0 bridgehead atoms. The van der Waals surface area contributed by atoms with Gasteiger partial charge < -0.3 is 14.8 Å². The maximum atomic E-state index is 11.3. The van der Waals surface area contributed by atoms with Crippen LogP contribution in [-0.4, -0.2) is 28.6 Å². The zero-order chi connectivity index (χ0) is 14.7. The molecule has 1 aromatic heterocycles. The van der Waals surface area contributed by atoms with Crippen LogP contribution >= 0.6 is 11.8 Å². The number of fused-ring (bicyclic) bond motifs is 1. The number of carbonyl (C=O) groups is 1. The minimum absolute atomic E-state index is 0.0556. The molecular weight excluding hydrogens is 286 g/mol. The van der Waals surface area contributed by atoms with Gasteiger partial charge in [0.2, 0.25) is 5.76 Å². The molecule has 2 heterocycles. The van der Waals surface area contributed by atoms with Gasteiger partial charge in [-0.2, -0.15) is 11.8 Å². The SMILES string of the molecule is O=C(O)c1oc2ccccc2c1CNCC1CCCCS1. The van der Waals surface area contributed by atoms with Gasteiger partial charge in [0, 0.05) is 29.3 Å². The molecule has 1 aliphatic rings. The van der Waals surface area contributed by atoms with Crippen LogP contribution < -0.4 is 5.32 Å². The first-order valence-electron chi connectivity index (χ1n) is 7.31. The lowest BCUT2D eigenvalue weighted by Gasteiger charge is -2.21. The van der Waals surface area contributed by atoms with Crippen LogP contribution in [0.25, 0.3) is 11.0 Å². The summed E-state index contributed by atoms with van der Waals surface area (Å²) in [7, 11) is 0. The molecule has 2 N–H and O–H groups in total. The summed E-state index contributed by atoms with van der Waals surface area (Å²) >= 11 is 2.01. The molecule has 1 unspecified atom stereocenters. The van der Waals surface area contributed by atoms with Gasteiger partial charge in [-0.1, -0.05) is 24.6 Å². The predicted molar refractivity (Wildman–Crippen MR) is 85.0 cm³/mol. The highest BCUT2D eigenvalue weighted by atomic mass is 32.2. The third kappa shape index (κ3) is 3.24. The van der Waals surface area contributed by atoms with Gasteiger partial charge in [0.15, 0.2) is 0 Å². The van der Waals surface area contributed by atoms with Crippen molar-refractivity contribution in [3.8, 4) is 0 Å². The molecular formula is C16H19NO3S. The van der Waals surface area contributed by atoms with E-state index in [1.807, 2.05) is 36.0 Å². The van der Waals surface area contributed by atoms with E-state index in [0.717, 1.165) is 17.5 Å². The van der Waals surface area contributed by atoms with E-state index in [1.165, 1.54) is 25.0 Å². The molecule has 1 atom stereocenters. The summed E-state index contributed by atoms with van der Waals surface area (Å²) in [4.78, 5) is 11.3. The van der Waals surface area contributed by atoms with Crippen LogP contribution in [0.4, 0.5) is 0 Å². The fraction of sp³-hybridized carbons (Fsp3) is 0.438. The molecule has 5 heteroatoms. The Hall–Kier alpha value is -1.46. The molecule has 1 saturated heterocycles. The maximum absolute atomic E-state index is 11.3. The summed E-state index contributed by atoms with van der Waals surface area (Å²) < 4.78 is 5.46. The third-order valence-electron chi connectivity index (χ3n) is 3.84. The lowest BCUT2D eigenvalue weighted by Crippen LogP contribution is -2.26. The van der Waals surface area contributed by atoms with Crippen molar-refractivity contribution in [3.63, 3.8) is 0 Å². The molecule has 0 aliphatic carbocycles. The van der Waals surface area contributed by atoms with Crippen molar-refractivity contribution >= 4 is 28.7 Å². The fourth-order valence-corrected chi connectivity index (χ4v) is 4.05. The van der Waals surface area contributed by atoms with Crippen molar-refractivity contribution in [2.75, 3.05) is 12.3 Å². The Bertz CT molecular complexity index is 631. The van der Waals surface area contributed by atoms with Gasteiger partial charge in [-0.25, -0.2) is 4.79 Å². The summed E-state index contributed by atoms with van der Waals surface area (Å²) in [5.74, 6) is 0.288. The average molecular weight is 305 g/mol. The second-order valence-electron chi connectivity index (χ2n) is 5.33. The number of carboxylic acid groups (broad SMARTS) is 1. The molecule has 4 nitrogen and oxygen atoms in total. The molecule has 112 valence electrons. The summed E-state index contributed by atoms with van der Waals surface area (Å²) in [5.41, 5.74) is 1.39. The number of benzene rings is 1. The van der Waals surface area contributed by atoms with Crippen LogP contribution in [-0.2, 0) is 6.54 Å². The normalized spacial score (nSPS) is 19.0. The highest BCUT2D eigenvalue weighted by Crippen LogP contribution is 2.27. The van der Waals surface area contributed by atoms with Crippen molar-refractivity contribution in [3.05, 3.63) is 35.6 Å². The highest BCUT2D eigenvalue weighted by molar-refractivity contribution is 7.99. The van der Waals surface area contributed by atoms with E-state index in [2.05, 4.69) is 5.32 Å². The first-order valence-corrected chi connectivity index (χ1v) is 8.36. The Balaban J connectivity index is 1.72. The van der Waals surface area contributed by atoms with Gasteiger partial charge in [0.1, 0.15) is 5.58 Å². The minimum atomic E-state index is -1.00. The molecule has 1 aliphatic heterocycles. The average Bonchev–Trinajstić information content (AvgIpc) is 2.88. The van der Waals surface area contributed by atoms with E-state index in [0.29, 0.717) is 17.4 Å². The quantitative estimate of drug-likeness (QED) is 0.885. The van der Waals surface area contributed by atoms with Gasteiger partial charge in [-0.05, 0) is 24.7 Å². The molecule has 0 amide bonds. The number of aromatic carboxylic acids is 1. The van der Waals surface area contributed by atoms with Crippen LogP contribution in [0.15, 0.2) is 28.7 Å². The lowest BCUT2D eigenvalue weighted by atomic mass is 10.1. The first-order chi connectivity index (χ1) is 10.3. The van der Waals surface area contributed by atoms with Crippen LogP contribution in [0.3, 0.4) is 0 Å². The zero-order valence-corrected chi connectivity index (χ0v) is 12.6. The van der Waals surface area contributed by atoms with Crippen molar-refractivity contribution in [1.82, 2.24) is 5.32 Å². The van der Waals surface area contributed by atoms with Crippen molar-refractivity contribution in [1.29, 1.82) is 0 Å². The second-order valence-corrected chi connectivity index (χ2v) is 6.74. The Morgan fingerprint density at radius 2 is 2.24 bits per heavy atom. The minimum Gasteiger partial charge on any atom is -0.475 e. The van der Waals surface area contributed by atoms with Crippen LogP contribution in [0.2, 0.25) is 0 Å². The number of carboxylic acids is 1. The number of furan rings is 1. The number of hydrogen-bond acceptors (Lipinski definition) is 4. The molecule has 0 radical (unpaired) electrons. The predicted octanol–water partition coefficient (Wildman–Crippen LogP) is 3.51. The van der Waals surface area contributed by atoms with E-state index in [-0.39, 0.29) is 5.76 Å². The Labute approximate surface area is 127 Å². The van der Waals surface area contributed by atoms with Gasteiger partial charge in [-0.15, -0.1) is 0 Å². The van der Waals surface area contributed by atoms with Gasteiger partial charge in [-0.3, -0.25) is 0 Å². The second kappa shape index (κ2) is 6.54. The maximum Gasteiger partial charge on any atom is 0.372 e. The van der Waals surface area contributed by atoms with Gasteiger partial charge in [0.25, 0.3) is 0 Å². The summed E-state index contributed by atoms with van der Waals surface area (Å²) in [6, 6.07) is 7.48. The van der Waals surface area contributed by atoms with E-state index in [1.54, 1.807) is 0 Å². The van der Waals surface area contributed by atoms with Crippen molar-refractivity contribution in [2.24, 2.45) is 0 Å². The fourth-order valence-electron chi connectivity index (χ4n) is 2.77. The van der Waals surface area contributed by atoms with E-state index in [4.69, 9.17) is 4.42 Å². The number of rotatable bonds is 5.